The van der Waals surface area contributed by atoms with E-state index in [0.29, 0.717) is 30.7 Å². The van der Waals surface area contributed by atoms with Gasteiger partial charge in [-0.15, -0.1) is 0 Å². The molecule has 0 N–H and O–H groups in total. The van der Waals surface area contributed by atoms with Crippen molar-refractivity contribution in [3.8, 4) is 0 Å². The molecule has 0 amide bonds. The second-order valence-corrected chi connectivity index (χ2v) is 8.80. The predicted octanol–water partition coefficient (Wildman–Crippen LogP) is 2.98. The highest BCUT2D eigenvalue weighted by Gasteiger charge is 2.38. The van der Waals surface area contributed by atoms with E-state index in [-0.39, 0.29) is 23.8 Å². The molecule has 0 bridgehead atoms. The zero-order valence-corrected chi connectivity index (χ0v) is 15.7. The Balaban J connectivity index is 2.22. The third kappa shape index (κ3) is 4.16. The summed E-state index contributed by atoms with van der Waals surface area (Å²) in [6.07, 6.45) is 1.74. The van der Waals surface area contributed by atoms with Crippen molar-refractivity contribution in [3.05, 3.63) is 29.8 Å². The molecule has 1 aromatic rings. The lowest BCUT2D eigenvalue weighted by molar-refractivity contribution is -0.142. The largest absolute Gasteiger partial charge is 0.469 e. The van der Waals surface area contributed by atoms with E-state index in [2.05, 4.69) is 0 Å². The molecule has 1 aliphatic heterocycles. The maximum Gasteiger partial charge on any atom is 0.305 e. The number of carbonyl (C=O) groups excluding carboxylic acids is 1. The average molecular weight is 353 g/mol. The Kier molecular flexibility index (Phi) is 6.04. The van der Waals surface area contributed by atoms with Crippen molar-refractivity contribution in [2.45, 2.75) is 51.0 Å². The van der Waals surface area contributed by atoms with Crippen LogP contribution in [-0.4, -0.2) is 38.4 Å². The van der Waals surface area contributed by atoms with Crippen LogP contribution >= 0.6 is 0 Å². The van der Waals surface area contributed by atoms with Crippen LogP contribution in [0.4, 0.5) is 0 Å². The molecule has 1 aromatic carbocycles. The molecule has 0 radical (unpaired) electrons. The topological polar surface area (TPSA) is 63.7 Å². The van der Waals surface area contributed by atoms with Crippen LogP contribution in [0.15, 0.2) is 29.2 Å². The molecule has 24 heavy (non-hydrogen) atoms. The van der Waals surface area contributed by atoms with Gasteiger partial charge in [0.1, 0.15) is 0 Å². The lowest BCUT2D eigenvalue weighted by Gasteiger charge is -2.40. The van der Waals surface area contributed by atoms with Crippen LogP contribution in [0, 0.1) is 18.8 Å². The summed E-state index contributed by atoms with van der Waals surface area (Å²) in [5, 5.41) is 0. The zero-order chi connectivity index (χ0) is 17.9. The Morgan fingerprint density at radius 1 is 1.29 bits per heavy atom. The highest BCUT2D eigenvalue weighted by atomic mass is 32.2. The van der Waals surface area contributed by atoms with E-state index in [1.165, 1.54) is 7.11 Å². The molecule has 0 aliphatic carbocycles. The monoisotopic (exact) mass is 353 g/mol. The molecule has 0 aromatic heterocycles. The maximum absolute atomic E-state index is 13.0. The van der Waals surface area contributed by atoms with Gasteiger partial charge in [-0.1, -0.05) is 31.5 Å². The molecule has 0 saturated carbocycles. The molecule has 1 fully saturated rings. The predicted molar refractivity (Wildman–Crippen MR) is 93.1 cm³/mol. The second-order valence-electron chi connectivity index (χ2n) is 6.91. The first kappa shape index (κ1) is 18.9. The number of nitrogens with zero attached hydrogens (tertiary/aromatic N) is 1. The minimum absolute atomic E-state index is 0.0975. The van der Waals surface area contributed by atoms with E-state index in [9.17, 15) is 13.2 Å². The van der Waals surface area contributed by atoms with Gasteiger partial charge in [-0.2, -0.15) is 4.31 Å². The van der Waals surface area contributed by atoms with Crippen LogP contribution in [0.5, 0.6) is 0 Å². The molecule has 2 rings (SSSR count). The SMILES string of the molecule is COC(=O)C[C@@H]1CCN(S(=O)(=O)c2ccc(C)cc2)[C@@H](C(C)C)C1. The second kappa shape index (κ2) is 7.66. The summed E-state index contributed by atoms with van der Waals surface area (Å²) in [7, 11) is -2.13. The van der Waals surface area contributed by atoms with Gasteiger partial charge in [-0.3, -0.25) is 4.79 Å². The molecule has 1 heterocycles. The van der Waals surface area contributed by atoms with Crippen LogP contribution in [0.25, 0.3) is 0 Å². The fraction of sp³-hybridized carbons (Fsp3) is 0.611. The van der Waals surface area contributed by atoms with E-state index in [1.54, 1.807) is 16.4 Å². The molecule has 134 valence electrons. The van der Waals surface area contributed by atoms with E-state index in [1.807, 2.05) is 32.9 Å². The van der Waals surface area contributed by atoms with Crippen molar-refractivity contribution in [2.75, 3.05) is 13.7 Å². The smallest absolute Gasteiger partial charge is 0.305 e. The van der Waals surface area contributed by atoms with E-state index < -0.39 is 10.0 Å². The number of ether oxygens (including phenoxy) is 1. The van der Waals surface area contributed by atoms with Gasteiger partial charge in [-0.25, -0.2) is 8.42 Å². The number of methoxy groups -OCH3 is 1. The first-order valence-corrected chi connectivity index (χ1v) is 9.85. The van der Waals surface area contributed by atoms with Crippen LogP contribution in [-0.2, 0) is 19.6 Å². The molecular formula is C18H27NO4S. The highest BCUT2D eigenvalue weighted by molar-refractivity contribution is 7.89. The van der Waals surface area contributed by atoms with Gasteiger partial charge in [0, 0.05) is 19.0 Å². The van der Waals surface area contributed by atoms with Gasteiger partial charge in [0.2, 0.25) is 10.0 Å². The van der Waals surface area contributed by atoms with Crippen LogP contribution < -0.4 is 0 Å². The van der Waals surface area contributed by atoms with Crippen molar-refractivity contribution in [3.63, 3.8) is 0 Å². The number of aryl methyl sites for hydroxylation is 1. The summed E-state index contributed by atoms with van der Waals surface area (Å²) < 4.78 is 32.4. The van der Waals surface area contributed by atoms with Crippen molar-refractivity contribution >= 4 is 16.0 Å². The third-order valence-corrected chi connectivity index (χ3v) is 6.72. The standard InChI is InChI=1S/C18H27NO4S/c1-13(2)17-11-15(12-18(20)23-4)9-10-19(17)24(21,22)16-7-5-14(3)6-8-16/h5-8,13,15,17H,9-12H2,1-4H3/t15-,17-/m1/s1. The minimum atomic E-state index is -3.51. The van der Waals surface area contributed by atoms with Crippen LogP contribution in [0.3, 0.4) is 0 Å². The number of hydrogen-bond donors (Lipinski definition) is 0. The van der Waals surface area contributed by atoms with Crippen LogP contribution in [0.1, 0.15) is 38.7 Å². The van der Waals surface area contributed by atoms with Crippen LogP contribution in [0.2, 0.25) is 0 Å². The fourth-order valence-corrected chi connectivity index (χ4v) is 5.09. The van der Waals surface area contributed by atoms with Gasteiger partial charge < -0.3 is 4.74 Å². The zero-order valence-electron chi connectivity index (χ0n) is 14.9. The number of piperidine rings is 1. The first-order chi connectivity index (χ1) is 11.3. The average Bonchev–Trinajstić information content (AvgIpc) is 2.54. The Morgan fingerprint density at radius 3 is 2.46 bits per heavy atom. The van der Waals surface area contributed by atoms with E-state index in [4.69, 9.17) is 4.74 Å². The van der Waals surface area contributed by atoms with E-state index in [0.717, 1.165) is 5.56 Å². The van der Waals surface area contributed by atoms with Gasteiger partial charge in [-0.05, 0) is 43.7 Å². The Hall–Kier alpha value is -1.40. The summed E-state index contributed by atoms with van der Waals surface area (Å²) in [5.74, 6) is 0.136. The highest BCUT2D eigenvalue weighted by Crippen LogP contribution is 2.33. The van der Waals surface area contributed by atoms with Gasteiger partial charge in [0.15, 0.2) is 0 Å². The van der Waals surface area contributed by atoms with Gasteiger partial charge in [0.25, 0.3) is 0 Å². The molecular weight excluding hydrogens is 326 g/mol. The minimum Gasteiger partial charge on any atom is -0.469 e. The molecule has 0 spiro atoms. The van der Waals surface area contributed by atoms with E-state index >= 15 is 0 Å². The number of benzene rings is 1. The van der Waals surface area contributed by atoms with Crippen molar-refractivity contribution in [1.82, 2.24) is 4.31 Å². The first-order valence-electron chi connectivity index (χ1n) is 8.41. The summed E-state index contributed by atoms with van der Waals surface area (Å²) in [6, 6.07) is 6.88. The maximum atomic E-state index is 13.0. The molecule has 1 saturated heterocycles. The number of rotatable bonds is 5. The van der Waals surface area contributed by atoms with Crippen molar-refractivity contribution < 1.29 is 17.9 Å². The molecule has 0 unspecified atom stereocenters. The molecule has 1 aliphatic rings. The lowest BCUT2D eigenvalue weighted by atomic mass is 9.85. The Bertz CT molecular complexity index is 667. The number of hydrogen-bond acceptors (Lipinski definition) is 4. The molecule has 6 heteroatoms. The summed E-state index contributed by atoms with van der Waals surface area (Å²) >= 11 is 0. The normalized spacial score (nSPS) is 22.5. The number of sulfonamides is 1. The Morgan fingerprint density at radius 2 is 1.92 bits per heavy atom. The molecule has 5 nitrogen and oxygen atoms in total. The Labute approximate surface area is 145 Å². The summed E-state index contributed by atoms with van der Waals surface area (Å²) in [4.78, 5) is 11.9. The third-order valence-electron chi connectivity index (χ3n) is 4.78. The number of esters is 1. The van der Waals surface area contributed by atoms with Gasteiger partial charge in [0.05, 0.1) is 12.0 Å². The molecule has 2 atom stereocenters. The van der Waals surface area contributed by atoms with Crippen molar-refractivity contribution in [2.24, 2.45) is 11.8 Å². The summed E-state index contributed by atoms with van der Waals surface area (Å²) in [6.45, 7) is 6.44. The number of carbonyl (C=O) groups is 1. The van der Waals surface area contributed by atoms with Gasteiger partial charge >= 0.3 is 5.97 Å². The quantitative estimate of drug-likeness (QED) is 0.764. The van der Waals surface area contributed by atoms with Crippen molar-refractivity contribution in [1.29, 1.82) is 0 Å². The summed E-state index contributed by atoms with van der Waals surface area (Å²) in [5.41, 5.74) is 1.03. The lowest BCUT2D eigenvalue weighted by Crippen LogP contribution is -2.48. The fourth-order valence-electron chi connectivity index (χ4n) is 3.31.